The number of ether oxygens (including phenoxy) is 1. The number of methoxy groups -OCH3 is 1. The quantitative estimate of drug-likeness (QED) is 0.540. The molecule has 1 saturated heterocycles. The van der Waals surface area contributed by atoms with Crippen molar-refractivity contribution in [3.05, 3.63) is 53.6 Å². The van der Waals surface area contributed by atoms with Crippen molar-refractivity contribution < 1.29 is 14.3 Å². The van der Waals surface area contributed by atoms with Crippen LogP contribution in [0, 0.1) is 0 Å². The molecule has 0 spiro atoms. The molecule has 7 nitrogen and oxygen atoms in total. The largest absolute Gasteiger partial charge is 0.496 e. The van der Waals surface area contributed by atoms with Crippen molar-refractivity contribution in [2.75, 3.05) is 19.4 Å². The van der Waals surface area contributed by atoms with E-state index in [0.717, 1.165) is 11.3 Å². The number of aromatic nitrogens is 3. The van der Waals surface area contributed by atoms with Crippen molar-refractivity contribution in [3.63, 3.8) is 0 Å². The number of rotatable bonds is 6. The van der Waals surface area contributed by atoms with Gasteiger partial charge in [0, 0.05) is 23.7 Å². The van der Waals surface area contributed by atoms with Gasteiger partial charge in [0.25, 0.3) is 0 Å². The minimum absolute atomic E-state index is 0.101. The number of thioether (sulfide) groups is 1. The summed E-state index contributed by atoms with van der Waals surface area (Å²) in [7, 11) is 1.60. The smallest absolute Gasteiger partial charge is 0.239 e. The molecule has 0 bridgehead atoms. The zero-order valence-corrected chi connectivity index (χ0v) is 17.8. The number of hydrogen-bond donors (Lipinski definition) is 0. The van der Waals surface area contributed by atoms with Gasteiger partial charge in [-0.05, 0) is 42.8 Å². The van der Waals surface area contributed by atoms with E-state index in [1.165, 1.54) is 16.7 Å². The predicted octanol–water partition coefficient (Wildman–Crippen LogP) is 3.84. The lowest BCUT2D eigenvalue weighted by Gasteiger charge is -2.14. The van der Waals surface area contributed by atoms with Gasteiger partial charge in [0.15, 0.2) is 11.0 Å². The van der Waals surface area contributed by atoms with E-state index in [0.29, 0.717) is 41.1 Å². The predicted molar refractivity (Wildman–Crippen MR) is 115 cm³/mol. The van der Waals surface area contributed by atoms with Gasteiger partial charge in [-0.2, -0.15) is 0 Å². The number of nitrogens with zero attached hydrogens (tertiary/aromatic N) is 4. The summed E-state index contributed by atoms with van der Waals surface area (Å²) >= 11 is 7.30. The van der Waals surface area contributed by atoms with Crippen molar-refractivity contribution in [1.29, 1.82) is 0 Å². The van der Waals surface area contributed by atoms with Gasteiger partial charge >= 0.3 is 0 Å². The van der Waals surface area contributed by atoms with Crippen molar-refractivity contribution in [1.82, 2.24) is 19.7 Å². The fourth-order valence-corrected chi connectivity index (χ4v) is 4.26. The van der Waals surface area contributed by atoms with Crippen LogP contribution in [0.1, 0.15) is 12.8 Å². The number of likely N-dealkylation sites (tertiary alicyclic amines) is 1. The molecule has 0 atom stereocenters. The molecule has 0 unspecified atom stereocenters. The van der Waals surface area contributed by atoms with Crippen molar-refractivity contribution in [2.45, 2.75) is 18.0 Å². The summed E-state index contributed by atoms with van der Waals surface area (Å²) in [5.74, 6) is 1.02. The van der Waals surface area contributed by atoms with Crippen LogP contribution in [0.15, 0.2) is 53.7 Å². The second-order valence-electron chi connectivity index (χ2n) is 6.65. The highest BCUT2D eigenvalue weighted by molar-refractivity contribution is 7.99. The van der Waals surface area contributed by atoms with E-state index in [1.54, 1.807) is 19.2 Å². The first kappa shape index (κ1) is 20.4. The first-order valence-corrected chi connectivity index (χ1v) is 10.8. The molecule has 3 aromatic rings. The van der Waals surface area contributed by atoms with Gasteiger partial charge in [0.2, 0.25) is 11.8 Å². The lowest BCUT2D eigenvalue weighted by atomic mass is 10.2. The Kier molecular flexibility index (Phi) is 6.06. The molecule has 154 valence electrons. The second-order valence-corrected chi connectivity index (χ2v) is 8.03. The standard InChI is InChI=1S/C21H19ClN4O3S/c1-29-17-6-3-2-5-16(17)20-23-24-21(26(20)15-10-8-14(22)9-11-15)30-13-19(28)25-12-4-7-18(25)27/h2-3,5-6,8-11H,4,7,12-13H2,1H3. The number of benzene rings is 2. The molecule has 1 aliphatic rings. The Hall–Kier alpha value is -2.84. The van der Waals surface area contributed by atoms with Crippen LogP contribution in [0.5, 0.6) is 5.75 Å². The fraction of sp³-hybridized carbons (Fsp3) is 0.238. The average molecular weight is 443 g/mol. The molecule has 2 heterocycles. The first-order valence-electron chi connectivity index (χ1n) is 9.39. The summed E-state index contributed by atoms with van der Waals surface area (Å²) in [5.41, 5.74) is 1.58. The van der Waals surface area contributed by atoms with Crippen LogP contribution < -0.4 is 4.74 Å². The number of carbonyl (C=O) groups excluding carboxylic acids is 2. The maximum atomic E-state index is 12.5. The van der Waals surface area contributed by atoms with Gasteiger partial charge in [0.05, 0.1) is 18.4 Å². The summed E-state index contributed by atoms with van der Waals surface area (Å²) in [6.07, 6.45) is 1.14. The van der Waals surface area contributed by atoms with Crippen LogP contribution >= 0.6 is 23.4 Å². The van der Waals surface area contributed by atoms with Gasteiger partial charge in [-0.25, -0.2) is 0 Å². The van der Waals surface area contributed by atoms with Gasteiger partial charge in [-0.1, -0.05) is 35.5 Å². The zero-order chi connectivity index (χ0) is 21.1. The number of hydrogen-bond acceptors (Lipinski definition) is 6. The summed E-state index contributed by atoms with van der Waals surface area (Å²) in [4.78, 5) is 25.6. The molecular formula is C21H19ClN4O3S. The molecular weight excluding hydrogens is 424 g/mol. The number of carbonyl (C=O) groups is 2. The number of para-hydroxylation sites is 1. The van der Waals surface area contributed by atoms with E-state index in [4.69, 9.17) is 16.3 Å². The van der Waals surface area contributed by atoms with E-state index in [1.807, 2.05) is 41.0 Å². The summed E-state index contributed by atoms with van der Waals surface area (Å²) in [5, 5.41) is 9.84. The third kappa shape index (κ3) is 4.06. The molecule has 30 heavy (non-hydrogen) atoms. The Morgan fingerprint density at radius 1 is 1.17 bits per heavy atom. The molecule has 0 N–H and O–H groups in total. The first-order chi connectivity index (χ1) is 14.6. The van der Waals surface area contributed by atoms with Crippen molar-refractivity contribution in [2.24, 2.45) is 0 Å². The molecule has 2 amide bonds. The van der Waals surface area contributed by atoms with E-state index < -0.39 is 0 Å². The summed E-state index contributed by atoms with van der Waals surface area (Å²) in [6.45, 7) is 0.481. The summed E-state index contributed by atoms with van der Waals surface area (Å²) in [6, 6.07) is 14.8. The second kappa shape index (κ2) is 8.89. The third-order valence-electron chi connectivity index (χ3n) is 4.77. The van der Waals surface area contributed by atoms with Crippen molar-refractivity contribution >= 4 is 35.2 Å². The molecule has 0 radical (unpaired) electrons. The van der Waals surface area contributed by atoms with Crippen LogP contribution in [-0.4, -0.2) is 50.9 Å². The minimum Gasteiger partial charge on any atom is -0.496 e. The Labute approximate surface area is 183 Å². The molecule has 0 saturated carbocycles. The molecule has 1 aromatic heterocycles. The Balaban J connectivity index is 1.70. The molecule has 9 heteroatoms. The molecule has 1 fully saturated rings. The third-order valence-corrected chi connectivity index (χ3v) is 5.93. The number of imide groups is 1. The van der Waals surface area contributed by atoms with Crippen molar-refractivity contribution in [3.8, 4) is 22.8 Å². The van der Waals surface area contributed by atoms with E-state index >= 15 is 0 Å². The van der Waals surface area contributed by atoms with Gasteiger partial charge in [-0.3, -0.25) is 19.1 Å². The molecule has 1 aliphatic heterocycles. The van der Waals surface area contributed by atoms with Crippen LogP contribution in [0.25, 0.3) is 17.1 Å². The number of amides is 2. The van der Waals surface area contributed by atoms with Crippen LogP contribution in [0.2, 0.25) is 5.02 Å². The summed E-state index contributed by atoms with van der Waals surface area (Å²) < 4.78 is 7.35. The molecule has 0 aliphatic carbocycles. The Morgan fingerprint density at radius 3 is 2.63 bits per heavy atom. The highest BCUT2D eigenvalue weighted by Gasteiger charge is 2.27. The van der Waals surface area contributed by atoms with Gasteiger partial charge in [-0.15, -0.1) is 10.2 Å². The topological polar surface area (TPSA) is 77.3 Å². The normalized spacial score (nSPS) is 13.7. The Bertz CT molecular complexity index is 1080. The maximum Gasteiger partial charge on any atom is 0.239 e. The lowest BCUT2D eigenvalue weighted by molar-refractivity contribution is -0.140. The van der Waals surface area contributed by atoms with Crippen LogP contribution in [0.3, 0.4) is 0 Å². The number of halogens is 1. The lowest BCUT2D eigenvalue weighted by Crippen LogP contribution is -2.33. The van der Waals surface area contributed by atoms with E-state index in [9.17, 15) is 9.59 Å². The van der Waals surface area contributed by atoms with E-state index in [2.05, 4.69) is 10.2 Å². The Morgan fingerprint density at radius 2 is 1.93 bits per heavy atom. The average Bonchev–Trinajstić information content (AvgIpc) is 3.38. The van der Waals surface area contributed by atoms with E-state index in [-0.39, 0.29) is 17.6 Å². The fourth-order valence-electron chi connectivity index (χ4n) is 3.31. The zero-order valence-electron chi connectivity index (χ0n) is 16.2. The highest BCUT2D eigenvalue weighted by atomic mass is 35.5. The molecule has 2 aromatic carbocycles. The SMILES string of the molecule is COc1ccccc1-c1nnc(SCC(=O)N2CCCC2=O)n1-c1ccc(Cl)cc1. The van der Waals surface area contributed by atoms with Gasteiger partial charge in [0.1, 0.15) is 5.75 Å². The van der Waals surface area contributed by atoms with Gasteiger partial charge < -0.3 is 4.74 Å². The monoisotopic (exact) mass is 442 g/mol. The van der Waals surface area contributed by atoms with Crippen LogP contribution in [-0.2, 0) is 9.59 Å². The minimum atomic E-state index is -0.216. The highest BCUT2D eigenvalue weighted by Crippen LogP contribution is 2.33. The van der Waals surface area contributed by atoms with Crippen LogP contribution in [0.4, 0.5) is 0 Å². The molecule has 4 rings (SSSR count). The maximum absolute atomic E-state index is 12.5.